The van der Waals surface area contributed by atoms with Gasteiger partial charge in [-0.15, -0.1) is 0 Å². The minimum absolute atomic E-state index is 0.190. The van der Waals surface area contributed by atoms with Gasteiger partial charge in [-0.2, -0.15) is 0 Å². The van der Waals surface area contributed by atoms with Crippen molar-refractivity contribution < 1.29 is 9.47 Å². The first-order valence-electron chi connectivity index (χ1n) is 17.8. The highest BCUT2D eigenvalue weighted by Gasteiger charge is 2.40. The first-order chi connectivity index (χ1) is 24.2. The summed E-state index contributed by atoms with van der Waals surface area (Å²) in [4.78, 5) is 5.03. The summed E-state index contributed by atoms with van der Waals surface area (Å²) in [5.41, 5.74) is 3.68. The van der Waals surface area contributed by atoms with E-state index in [4.69, 9.17) is 14.5 Å². The molecule has 0 radical (unpaired) electrons. The summed E-state index contributed by atoms with van der Waals surface area (Å²) in [7, 11) is -1.88. The fourth-order valence-electron chi connectivity index (χ4n) is 6.75. The summed E-state index contributed by atoms with van der Waals surface area (Å²) in [5, 5.41) is 4.03. The molecule has 0 amide bonds. The molecule has 1 aromatic heterocycles. The van der Waals surface area contributed by atoms with Crippen molar-refractivity contribution in [2.75, 3.05) is 13.2 Å². The molecule has 0 fully saturated rings. The number of nitrogens with zero attached hydrogens (tertiary/aromatic N) is 2. The maximum atomic E-state index is 6.12. The van der Waals surface area contributed by atoms with Gasteiger partial charge in [-0.25, -0.2) is 0 Å². The number of ether oxygens (including phenoxy) is 2. The molecule has 0 saturated carbocycles. The largest absolute Gasteiger partial charge is 0.494 e. The van der Waals surface area contributed by atoms with Gasteiger partial charge in [0.15, 0.2) is 8.07 Å². The molecule has 5 aromatic carbocycles. The van der Waals surface area contributed by atoms with Crippen LogP contribution in [0.5, 0.6) is 11.5 Å². The molecule has 49 heavy (non-hydrogen) atoms. The monoisotopic (exact) mass is 662 g/mol. The number of benzene rings is 5. The Labute approximate surface area is 294 Å². The van der Waals surface area contributed by atoms with Crippen LogP contribution in [0.3, 0.4) is 0 Å². The molecule has 0 N–H and O–H groups in total. The normalized spacial score (nSPS) is 11.4. The third-order valence-electron chi connectivity index (χ3n) is 9.49. The van der Waals surface area contributed by atoms with Gasteiger partial charge in [-0.05, 0) is 69.6 Å². The predicted molar refractivity (Wildman–Crippen MR) is 209 cm³/mol. The van der Waals surface area contributed by atoms with Gasteiger partial charge in [0, 0.05) is 18.6 Å². The van der Waals surface area contributed by atoms with Gasteiger partial charge in [-0.3, -0.25) is 4.98 Å². The lowest BCUT2D eigenvalue weighted by molar-refractivity contribution is 0.309. The van der Waals surface area contributed by atoms with E-state index >= 15 is 0 Å². The zero-order chi connectivity index (χ0) is 33.7. The minimum atomic E-state index is -2.68. The van der Waals surface area contributed by atoms with Gasteiger partial charge < -0.3 is 14.0 Å². The van der Waals surface area contributed by atoms with Crippen LogP contribution in [-0.4, -0.2) is 38.1 Å². The molecule has 0 aliphatic rings. The minimum Gasteiger partial charge on any atom is -0.494 e. The summed E-state index contributed by atoms with van der Waals surface area (Å²) < 4.78 is 14.7. The summed E-state index contributed by atoms with van der Waals surface area (Å²) in [6.45, 7) is 5.86. The predicted octanol–water partition coefficient (Wildman–Crippen LogP) is 6.80. The van der Waals surface area contributed by atoms with E-state index in [1.165, 1.54) is 26.7 Å². The molecule has 0 bridgehead atoms. The molecule has 248 valence electrons. The summed E-state index contributed by atoms with van der Waals surface area (Å²) in [6.07, 6.45) is 9.29. The number of hydrogen-bond acceptors (Lipinski definition) is 3. The second-order valence-corrected chi connectivity index (χ2v) is 16.6. The molecule has 0 saturated heterocycles. The molecule has 0 spiro atoms. The van der Waals surface area contributed by atoms with Gasteiger partial charge in [0.1, 0.15) is 11.5 Å². The number of rotatable bonds is 17. The molecule has 6 aromatic rings. The lowest BCUT2D eigenvalue weighted by Gasteiger charge is -2.35. The summed E-state index contributed by atoms with van der Waals surface area (Å²) in [6, 6.07) is 50.6. The molecule has 4 nitrogen and oxygen atoms in total. The SMILES string of the molecule is CCCCOc1ccc([Si](Cn2ccnc2BC(c2ccccc2)c2ccccc2)(c2ccccc2)c2ccc(OCCCC)cc2)cc1. The van der Waals surface area contributed by atoms with Crippen LogP contribution in [-0.2, 0) is 6.17 Å². The van der Waals surface area contributed by atoms with Gasteiger partial charge in [0.25, 0.3) is 0 Å². The van der Waals surface area contributed by atoms with E-state index in [2.05, 4.69) is 164 Å². The highest BCUT2D eigenvalue weighted by atomic mass is 28.3. The van der Waals surface area contributed by atoms with Gasteiger partial charge in [0.2, 0.25) is 7.28 Å². The second kappa shape index (κ2) is 17.0. The van der Waals surface area contributed by atoms with Crippen molar-refractivity contribution in [3.8, 4) is 11.5 Å². The molecular formula is C43H47BN2O2Si. The van der Waals surface area contributed by atoms with Crippen LogP contribution in [0.4, 0.5) is 0 Å². The van der Waals surface area contributed by atoms with Crippen LogP contribution in [0.2, 0.25) is 0 Å². The Morgan fingerprint density at radius 2 is 1.04 bits per heavy atom. The average Bonchev–Trinajstić information content (AvgIpc) is 3.61. The van der Waals surface area contributed by atoms with E-state index in [1.807, 2.05) is 6.20 Å². The maximum Gasteiger partial charge on any atom is 0.217 e. The van der Waals surface area contributed by atoms with Crippen LogP contribution in [0.25, 0.3) is 0 Å². The Hall–Kier alpha value is -4.81. The summed E-state index contributed by atoms with van der Waals surface area (Å²) in [5.74, 6) is 2.03. The van der Waals surface area contributed by atoms with Crippen LogP contribution in [0, 0.1) is 0 Å². The topological polar surface area (TPSA) is 36.3 Å². The highest BCUT2D eigenvalue weighted by Crippen LogP contribution is 2.24. The van der Waals surface area contributed by atoms with Crippen molar-refractivity contribution in [1.82, 2.24) is 9.55 Å². The fourth-order valence-corrected chi connectivity index (χ4v) is 11.3. The molecule has 0 aliphatic heterocycles. The maximum absolute atomic E-state index is 6.12. The van der Waals surface area contributed by atoms with Crippen molar-refractivity contribution in [3.05, 3.63) is 163 Å². The van der Waals surface area contributed by atoms with Crippen LogP contribution < -0.4 is 30.8 Å². The lowest BCUT2D eigenvalue weighted by atomic mass is 9.58. The van der Waals surface area contributed by atoms with Crippen LogP contribution in [0.15, 0.2) is 152 Å². The average molecular weight is 663 g/mol. The lowest BCUT2D eigenvalue weighted by Crippen LogP contribution is -2.70. The van der Waals surface area contributed by atoms with E-state index in [0.717, 1.165) is 69.6 Å². The fraction of sp³-hybridized carbons (Fsp3) is 0.233. The molecule has 6 rings (SSSR count). The Balaban J connectivity index is 1.44. The zero-order valence-electron chi connectivity index (χ0n) is 28.9. The molecule has 1 heterocycles. The van der Waals surface area contributed by atoms with E-state index in [1.54, 1.807) is 0 Å². The van der Waals surface area contributed by atoms with E-state index in [-0.39, 0.29) is 5.82 Å². The number of imidazole rings is 1. The van der Waals surface area contributed by atoms with E-state index in [9.17, 15) is 0 Å². The first-order valence-corrected chi connectivity index (χ1v) is 20.0. The van der Waals surface area contributed by atoms with Crippen LogP contribution >= 0.6 is 0 Å². The quantitative estimate of drug-likeness (QED) is 0.0613. The number of hydrogen-bond donors (Lipinski definition) is 0. The Morgan fingerprint density at radius 3 is 1.51 bits per heavy atom. The molecule has 6 heteroatoms. The van der Waals surface area contributed by atoms with Gasteiger partial charge in [-0.1, -0.05) is 142 Å². The highest BCUT2D eigenvalue weighted by molar-refractivity contribution is 7.10. The van der Waals surface area contributed by atoms with Crippen molar-refractivity contribution in [2.24, 2.45) is 0 Å². The smallest absolute Gasteiger partial charge is 0.217 e. The van der Waals surface area contributed by atoms with Gasteiger partial charge >= 0.3 is 0 Å². The molecule has 0 aliphatic carbocycles. The third kappa shape index (κ3) is 8.26. The molecular weight excluding hydrogens is 615 g/mol. The standard InChI is InChI=1S/C43H47BN2O2Si/c1-3-5-32-47-37-22-26-40(27-23-37)49(39-20-14-9-15-21-39,41-28-24-38(25-29-41)48-33-6-4-2)34-46-31-30-45-43(46)44-42(35-16-10-7-11-17-35)36-18-12-8-13-19-36/h7-31,42,44H,3-6,32-34H2,1-2H3. The Bertz CT molecular complexity index is 1740. The first kappa shape index (κ1) is 34.1. The van der Waals surface area contributed by atoms with E-state index in [0.29, 0.717) is 0 Å². The molecule has 0 unspecified atom stereocenters. The Kier molecular flexibility index (Phi) is 11.8. The molecule has 0 atom stereocenters. The van der Waals surface area contributed by atoms with Crippen molar-refractivity contribution >= 4 is 36.6 Å². The van der Waals surface area contributed by atoms with Crippen molar-refractivity contribution in [1.29, 1.82) is 0 Å². The number of unbranched alkanes of at least 4 members (excludes halogenated alkanes) is 2. The second-order valence-electron chi connectivity index (χ2n) is 12.8. The Morgan fingerprint density at radius 1 is 0.592 bits per heavy atom. The third-order valence-corrected chi connectivity index (χ3v) is 14.3. The van der Waals surface area contributed by atoms with E-state index < -0.39 is 8.07 Å². The van der Waals surface area contributed by atoms with Gasteiger partial charge in [0.05, 0.1) is 18.9 Å². The zero-order valence-corrected chi connectivity index (χ0v) is 29.9. The van der Waals surface area contributed by atoms with Crippen molar-refractivity contribution in [2.45, 2.75) is 51.5 Å². The van der Waals surface area contributed by atoms with Crippen LogP contribution in [0.1, 0.15) is 56.5 Å². The number of aromatic nitrogens is 2. The summed E-state index contributed by atoms with van der Waals surface area (Å²) >= 11 is 0. The van der Waals surface area contributed by atoms with Crippen molar-refractivity contribution in [3.63, 3.8) is 0 Å².